The minimum atomic E-state index is 0.459. The van der Waals surface area contributed by atoms with Gasteiger partial charge in [-0.05, 0) is 31.5 Å². The van der Waals surface area contributed by atoms with Gasteiger partial charge in [0.1, 0.15) is 5.75 Å². The van der Waals surface area contributed by atoms with Gasteiger partial charge in [-0.2, -0.15) is 10.1 Å². The molecule has 0 saturated carbocycles. The van der Waals surface area contributed by atoms with Gasteiger partial charge in [0.05, 0.1) is 13.3 Å². The lowest BCUT2D eigenvalue weighted by Gasteiger charge is -2.11. The summed E-state index contributed by atoms with van der Waals surface area (Å²) < 4.78 is 5.35. The maximum absolute atomic E-state index is 5.35. The number of hydrogen-bond donors (Lipinski definition) is 2. The van der Waals surface area contributed by atoms with Crippen LogP contribution in [0, 0.1) is 13.8 Å². The van der Waals surface area contributed by atoms with Crippen LogP contribution in [0.2, 0.25) is 0 Å². The molecule has 0 aliphatic heterocycles. The maximum atomic E-state index is 5.35. The number of rotatable bonds is 6. The molecule has 3 aromatic rings. The van der Waals surface area contributed by atoms with Crippen LogP contribution in [0.4, 0.5) is 17.5 Å². The third-order valence-electron chi connectivity index (χ3n) is 3.83. The van der Waals surface area contributed by atoms with E-state index >= 15 is 0 Å². The van der Waals surface area contributed by atoms with Crippen molar-refractivity contribution in [1.29, 1.82) is 0 Å². The summed E-state index contributed by atoms with van der Waals surface area (Å²) in [5.74, 6) is 1.93. The van der Waals surface area contributed by atoms with Crippen LogP contribution in [-0.2, 0) is 6.54 Å². The summed E-state index contributed by atoms with van der Waals surface area (Å²) in [6, 6.07) is 14.0. The third kappa shape index (κ3) is 4.23. The van der Waals surface area contributed by atoms with Crippen molar-refractivity contribution in [3.63, 3.8) is 0 Å². The molecule has 0 aliphatic rings. The predicted octanol–water partition coefficient (Wildman–Crippen LogP) is 3.85. The van der Waals surface area contributed by atoms with Crippen molar-refractivity contribution in [3.8, 4) is 5.75 Å². The maximum Gasteiger partial charge on any atom is 0.244 e. The van der Waals surface area contributed by atoms with E-state index in [9.17, 15) is 0 Å². The van der Waals surface area contributed by atoms with Gasteiger partial charge in [-0.3, -0.25) is 0 Å². The lowest BCUT2D eigenvalue weighted by molar-refractivity contribution is 0.410. The Morgan fingerprint density at radius 2 is 1.92 bits per heavy atom. The summed E-state index contributed by atoms with van der Waals surface area (Å²) in [5.41, 5.74) is 4.41. The Morgan fingerprint density at radius 3 is 2.72 bits per heavy atom. The number of aromatic nitrogens is 3. The lowest BCUT2D eigenvalue weighted by atomic mass is 10.1. The number of ether oxygens (including phenoxy) is 1. The van der Waals surface area contributed by atoms with Gasteiger partial charge in [0.2, 0.25) is 5.95 Å². The van der Waals surface area contributed by atoms with Gasteiger partial charge in [-0.15, -0.1) is 5.10 Å². The van der Waals surface area contributed by atoms with Crippen LogP contribution in [0.25, 0.3) is 0 Å². The van der Waals surface area contributed by atoms with E-state index in [1.165, 1.54) is 5.56 Å². The van der Waals surface area contributed by atoms with Gasteiger partial charge >= 0.3 is 0 Å². The number of hydrogen-bond acceptors (Lipinski definition) is 6. The molecule has 25 heavy (non-hydrogen) atoms. The molecule has 0 atom stereocenters. The second kappa shape index (κ2) is 7.61. The van der Waals surface area contributed by atoms with E-state index in [1.54, 1.807) is 13.3 Å². The number of benzene rings is 2. The van der Waals surface area contributed by atoms with Crippen LogP contribution < -0.4 is 15.4 Å². The van der Waals surface area contributed by atoms with Crippen LogP contribution >= 0.6 is 0 Å². The standard InChI is InChI=1S/C19H21N5O/c1-13-8-9-16(14(2)10-13)22-18-12-21-24-19(23-18)20-11-15-6-4-5-7-17(15)25-3/h4-10,12H,11H2,1-3H3,(H2,20,22,23,24). The fourth-order valence-electron chi connectivity index (χ4n) is 2.55. The number of para-hydroxylation sites is 1. The Labute approximate surface area is 147 Å². The molecule has 2 aromatic carbocycles. The van der Waals surface area contributed by atoms with Crippen molar-refractivity contribution in [2.24, 2.45) is 0 Å². The SMILES string of the molecule is COc1ccccc1CNc1nncc(Nc2ccc(C)cc2C)n1. The van der Waals surface area contributed by atoms with Crippen molar-refractivity contribution in [2.75, 3.05) is 17.7 Å². The number of nitrogens with one attached hydrogen (secondary N) is 2. The second-order valence-electron chi connectivity index (χ2n) is 5.77. The fraction of sp³-hybridized carbons (Fsp3) is 0.211. The van der Waals surface area contributed by atoms with Gasteiger partial charge in [-0.1, -0.05) is 35.9 Å². The molecule has 0 bridgehead atoms. The first-order chi connectivity index (χ1) is 12.2. The summed E-state index contributed by atoms with van der Waals surface area (Å²) in [6.45, 7) is 4.69. The summed E-state index contributed by atoms with van der Waals surface area (Å²) in [5, 5.41) is 14.5. The van der Waals surface area contributed by atoms with E-state index in [1.807, 2.05) is 30.3 Å². The Bertz CT molecular complexity index is 866. The predicted molar refractivity (Wildman–Crippen MR) is 99.3 cm³/mol. The molecular weight excluding hydrogens is 314 g/mol. The molecule has 1 heterocycles. The fourth-order valence-corrected chi connectivity index (χ4v) is 2.55. The summed E-state index contributed by atoms with van der Waals surface area (Å²) >= 11 is 0. The van der Waals surface area contributed by atoms with Gasteiger partial charge in [0, 0.05) is 17.8 Å². The molecule has 128 valence electrons. The molecule has 0 saturated heterocycles. The van der Waals surface area contributed by atoms with Crippen LogP contribution in [0.15, 0.2) is 48.7 Å². The average Bonchev–Trinajstić information content (AvgIpc) is 2.63. The molecule has 6 nitrogen and oxygen atoms in total. The van der Waals surface area contributed by atoms with Crippen LogP contribution in [0.1, 0.15) is 16.7 Å². The molecule has 2 N–H and O–H groups in total. The minimum absolute atomic E-state index is 0.459. The van der Waals surface area contributed by atoms with Crippen LogP contribution in [0.5, 0.6) is 5.75 Å². The quantitative estimate of drug-likeness (QED) is 0.713. The number of anilines is 3. The van der Waals surface area contributed by atoms with Gasteiger partial charge < -0.3 is 15.4 Å². The molecule has 3 rings (SSSR count). The van der Waals surface area contributed by atoms with E-state index in [0.717, 1.165) is 22.6 Å². The Balaban J connectivity index is 1.71. The first kappa shape index (κ1) is 16.7. The molecule has 0 spiro atoms. The number of aryl methyl sites for hydroxylation is 2. The van der Waals surface area contributed by atoms with Crippen molar-refractivity contribution >= 4 is 17.5 Å². The highest BCUT2D eigenvalue weighted by Crippen LogP contribution is 2.21. The van der Waals surface area contributed by atoms with E-state index in [4.69, 9.17) is 4.74 Å². The second-order valence-corrected chi connectivity index (χ2v) is 5.77. The minimum Gasteiger partial charge on any atom is -0.496 e. The Kier molecular flexibility index (Phi) is 5.09. The number of nitrogens with zero attached hydrogens (tertiary/aromatic N) is 3. The largest absolute Gasteiger partial charge is 0.496 e. The molecule has 0 aliphatic carbocycles. The zero-order valence-electron chi connectivity index (χ0n) is 14.6. The van der Waals surface area contributed by atoms with Gasteiger partial charge in [0.15, 0.2) is 5.82 Å². The normalized spacial score (nSPS) is 10.4. The Morgan fingerprint density at radius 1 is 1.08 bits per heavy atom. The monoisotopic (exact) mass is 335 g/mol. The van der Waals surface area contributed by atoms with E-state index in [2.05, 4.69) is 51.8 Å². The van der Waals surface area contributed by atoms with Gasteiger partial charge in [-0.25, -0.2) is 0 Å². The molecule has 0 unspecified atom stereocenters. The molecular formula is C19H21N5O. The lowest BCUT2D eigenvalue weighted by Crippen LogP contribution is -2.07. The molecule has 6 heteroatoms. The van der Waals surface area contributed by atoms with Crippen molar-refractivity contribution in [2.45, 2.75) is 20.4 Å². The number of methoxy groups -OCH3 is 1. The van der Waals surface area contributed by atoms with Gasteiger partial charge in [0.25, 0.3) is 0 Å². The highest BCUT2D eigenvalue weighted by molar-refractivity contribution is 5.60. The zero-order valence-corrected chi connectivity index (χ0v) is 14.6. The topological polar surface area (TPSA) is 72.0 Å². The molecule has 0 amide bonds. The Hall–Kier alpha value is -3.15. The summed E-state index contributed by atoms with van der Waals surface area (Å²) in [6.07, 6.45) is 1.60. The van der Waals surface area contributed by atoms with E-state index in [0.29, 0.717) is 18.3 Å². The molecule has 0 fully saturated rings. The summed E-state index contributed by atoms with van der Waals surface area (Å²) in [4.78, 5) is 4.47. The summed E-state index contributed by atoms with van der Waals surface area (Å²) in [7, 11) is 1.66. The van der Waals surface area contributed by atoms with Crippen LogP contribution in [-0.4, -0.2) is 22.3 Å². The zero-order chi connectivity index (χ0) is 17.6. The first-order valence-electron chi connectivity index (χ1n) is 8.05. The highest BCUT2D eigenvalue weighted by Gasteiger charge is 2.05. The van der Waals surface area contributed by atoms with E-state index < -0.39 is 0 Å². The smallest absolute Gasteiger partial charge is 0.244 e. The first-order valence-corrected chi connectivity index (χ1v) is 8.05. The third-order valence-corrected chi connectivity index (χ3v) is 3.83. The van der Waals surface area contributed by atoms with Crippen molar-refractivity contribution in [1.82, 2.24) is 15.2 Å². The van der Waals surface area contributed by atoms with Crippen molar-refractivity contribution in [3.05, 3.63) is 65.4 Å². The molecule has 0 radical (unpaired) electrons. The molecule has 1 aromatic heterocycles. The average molecular weight is 335 g/mol. The van der Waals surface area contributed by atoms with Crippen LogP contribution in [0.3, 0.4) is 0 Å². The van der Waals surface area contributed by atoms with Crippen molar-refractivity contribution < 1.29 is 4.74 Å². The highest BCUT2D eigenvalue weighted by atomic mass is 16.5. The van der Waals surface area contributed by atoms with E-state index in [-0.39, 0.29) is 0 Å².